The van der Waals surface area contributed by atoms with E-state index >= 15 is 0 Å². The fourth-order valence-corrected chi connectivity index (χ4v) is 2.19. The van der Waals surface area contributed by atoms with Crippen LogP contribution in [0, 0.1) is 0 Å². The van der Waals surface area contributed by atoms with E-state index in [1.165, 1.54) is 6.42 Å². The van der Waals surface area contributed by atoms with Crippen molar-refractivity contribution in [3.8, 4) is 0 Å². The maximum atomic E-state index is 10.3. The van der Waals surface area contributed by atoms with E-state index in [2.05, 4.69) is 0 Å². The summed E-state index contributed by atoms with van der Waals surface area (Å²) in [6.07, 6.45) is 8.93. The predicted molar refractivity (Wildman–Crippen MR) is 63.2 cm³/mol. The van der Waals surface area contributed by atoms with Gasteiger partial charge >= 0.3 is 51.4 Å². The number of hydrogen-bond acceptors (Lipinski definition) is 4. The molecule has 98 valence electrons. The second kappa shape index (κ2) is 13.9. The van der Waals surface area contributed by atoms with E-state index in [1.54, 1.807) is 0 Å². The molecule has 0 fully saturated rings. The fraction of sp³-hybridized carbons (Fsp3) is 1.00. The van der Waals surface area contributed by atoms with Crippen LogP contribution in [0.4, 0.5) is 0 Å². The van der Waals surface area contributed by atoms with E-state index in [4.69, 9.17) is 5.11 Å². The van der Waals surface area contributed by atoms with Crippen molar-refractivity contribution in [1.82, 2.24) is 0 Å². The molecule has 0 saturated heterocycles. The van der Waals surface area contributed by atoms with E-state index < -0.39 is 10.1 Å². The molecule has 0 aliphatic rings. The van der Waals surface area contributed by atoms with E-state index in [0.29, 0.717) is 6.42 Å². The van der Waals surface area contributed by atoms with Crippen LogP contribution in [0.2, 0.25) is 0 Å². The van der Waals surface area contributed by atoms with Crippen LogP contribution in [0.1, 0.15) is 57.8 Å². The molecule has 0 saturated carbocycles. The summed E-state index contributed by atoms with van der Waals surface area (Å²) in [6, 6.07) is 0. The molecule has 17 heavy (non-hydrogen) atoms. The van der Waals surface area contributed by atoms with Gasteiger partial charge in [0, 0.05) is 12.4 Å². The first-order chi connectivity index (χ1) is 7.56. The van der Waals surface area contributed by atoms with Gasteiger partial charge in [-0.25, -0.2) is 8.42 Å². The Hall–Kier alpha value is 1.51. The molecule has 0 radical (unpaired) electrons. The average Bonchev–Trinajstić information content (AvgIpc) is 2.19. The number of aliphatic hydroxyl groups is 1. The van der Waals surface area contributed by atoms with Crippen LogP contribution in [0.3, 0.4) is 0 Å². The van der Waals surface area contributed by atoms with Gasteiger partial charge < -0.3 is 9.66 Å². The fourth-order valence-electron chi connectivity index (χ4n) is 1.63. The number of hydrogen-bond donors (Lipinski definition) is 1. The summed E-state index contributed by atoms with van der Waals surface area (Å²) < 4.78 is 30.9. The van der Waals surface area contributed by atoms with Crippen LogP contribution in [0.15, 0.2) is 0 Å². The zero-order valence-corrected chi connectivity index (χ0v) is 14.8. The topological polar surface area (TPSA) is 77.4 Å². The summed E-state index contributed by atoms with van der Waals surface area (Å²) in [5, 5.41) is 8.56. The van der Waals surface area contributed by atoms with E-state index in [1.807, 2.05) is 0 Å². The van der Waals surface area contributed by atoms with Gasteiger partial charge in [0.2, 0.25) is 0 Å². The number of aliphatic hydroxyl groups excluding tert-OH is 1. The Labute approximate surface area is 148 Å². The van der Waals surface area contributed by atoms with Crippen LogP contribution < -0.4 is 51.4 Å². The Morgan fingerprint density at radius 3 is 1.47 bits per heavy atom. The van der Waals surface area contributed by atoms with Crippen molar-refractivity contribution in [2.45, 2.75) is 57.8 Å². The molecule has 0 bridgehead atoms. The molecule has 0 rings (SSSR count). The summed E-state index contributed by atoms with van der Waals surface area (Å²) in [4.78, 5) is 0. The summed E-state index contributed by atoms with van der Waals surface area (Å²) >= 11 is 0. The smallest absolute Gasteiger partial charge is 0.748 e. The molecule has 0 amide bonds. The zero-order valence-electron chi connectivity index (χ0n) is 10.9. The van der Waals surface area contributed by atoms with Crippen molar-refractivity contribution in [2.24, 2.45) is 0 Å². The van der Waals surface area contributed by atoms with Crippen molar-refractivity contribution >= 4 is 10.1 Å². The van der Waals surface area contributed by atoms with Crippen molar-refractivity contribution in [1.29, 1.82) is 0 Å². The summed E-state index contributed by atoms with van der Waals surface area (Å²) in [7, 11) is -4.01. The van der Waals surface area contributed by atoms with Gasteiger partial charge in [-0.15, -0.1) is 0 Å². The van der Waals surface area contributed by atoms with Gasteiger partial charge in [-0.3, -0.25) is 0 Å². The summed E-state index contributed by atoms with van der Waals surface area (Å²) in [6.45, 7) is 0.281. The zero-order chi connectivity index (χ0) is 12.3. The van der Waals surface area contributed by atoms with Crippen LogP contribution in [0.5, 0.6) is 0 Å². The van der Waals surface area contributed by atoms with Crippen molar-refractivity contribution < 1.29 is 69.5 Å². The maximum absolute atomic E-state index is 10.3. The van der Waals surface area contributed by atoms with Gasteiger partial charge in [0.25, 0.3) is 0 Å². The third-order valence-electron chi connectivity index (χ3n) is 2.55. The first-order valence-corrected chi connectivity index (χ1v) is 7.68. The Balaban J connectivity index is 0. The summed E-state index contributed by atoms with van der Waals surface area (Å²) in [5.41, 5.74) is 0. The van der Waals surface area contributed by atoms with Gasteiger partial charge in [-0.05, 0) is 12.8 Å². The number of unbranched alkanes of at least 4 members (excludes halogenated alkanes) is 8. The Morgan fingerprint density at radius 1 is 0.765 bits per heavy atom. The molecule has 0 heterocycles. The van der Waals surface area contributed by atoms with Gasteiger partial charge in [-0.2, -0.15) is 0 Å². The molecule has 6 heteroatoms. The molecule has 0 atom stereocenters. The first-order valence-electron chi connectivity index (χ1n) is 6.10. The second-order valence-electron chi connectivity index (χ2n) is 4.17. The molecule has 0 aromatic carbocycles. The van der Waals surface area contributed by atoms with Gasteiger partial charge in [0.15, 0.2) is 0 Å². The minimum atomic E-state index is -4.01. The normalized spacial score (nSPS) is 11.2. The largest absolute Gasteiger partial charge is 1.00 e. The Morgan fingerprint density at radius 2 is 1.12 bits per heavy atom. The minimum Gasteiger partial charge on any atom is -0.748 e. The van der Waals surface area contributed by atoms with Crippen molar-refractivity contribution in [3.05, 3.63) is 0 Å². The van der Waals surface area contributed by atoms with E-state index in [-0.39, 0.29) is 63.7 Å². The third kappa shape index (κ3) is 20.0. The van der Waals surface area contributed by atoms with Crippen LogP contribution in [-0.4, -0.2) is 30.4 Å². The molecular weight excluding hydrogens is 267 g/mol. The van der Waals surface area contributed by atoms with Crippen LogP contribution in [-0.2, 0) is 10.1 Å². The molecule has 1 N–H and O–H groups in total. The predicted octanol–water partition coefficient (Wildman–Crippen LogP) is -0.961. The average molecular weight is 290 g/mol. The molecule has 0 spiro atoms. The van der Waals surface area contributed by atoms with Gasteiger partial charge in [0.1, 0.15) is 0 Å². The molecule has 0 aliphatic carbocycles. The maximum Gasteiger partial charge on any atom is 1.00 e. The molecule has 4 nitrogen and oxygen atoms in total. The minimum absolute atomic E-state index is 0. The molecular formula is C11H23KO4S. The van der Waals surface area contributed by atoms with Gasteiger partial charge in [0.05, 0.1) is 10.1 Å². The van der Waals surface area contributed by atoms with Gasteiger partial charge in [-0.1, -0.05) is 44.9 Å². The monoisotopic (exact) mass is 290 g/mol. The number of rotatable bonds is 11. The third-order valence-corrected chi connectivity index (χ3v) is 3.34. The standard InChI is InChI=1S/C11H24O4S.K/c12-10-8-6-4-2-1-3-5-7-9-11-16(13,14)15;/h12H,1-11H2,(H,13,14,15);/q;+1/p-1. The molecule has 0 aliphatic heterocycles. The van der Waals surface area contributed by atoms with Crippen molar-refractivity contribution in [3.63, 3.8) is 0 Å². The van der Waals surface area contributed by atoms with Crippen LogP contribution >= 0.6 is 0 Å². The second-order valence-corrected chi connectivity index (χ2v) is 5.69. The van der Waals surface area contributed by atoms with E-state index in [0.717, 1.165) is 44.9 Å². The Bertz CT molecular complexity index is 242. The first kappa shape index (κ1) is 20.8. The van der Waals surface area contributed by atoms with Crippen molar-refractivity contribution in [2.75, 3.05) is 12.4 Å². The van der Waals surface area contributed by atoms with E-state index in [9.17, 15) is 13.0 Å². The molecule has 0 aromatic rings. The molecule has 0 aromatic heterocycles. The quantitative estimate of drug-likeness (QED) is 0.302. The Kier molecular flexibility index (Phi) is 17.1. The summed E-state index contributed by atoms with van der Waals surface area (Å²) in [5.74, 6) is -0.219. The molecule has 0 unspecified atom stereocenters. The van der Waals surface area contributed by atoms with Crippen LogP contribution in [0.25, 0.3) is 0 Å². The SMILES string of the molecule is O=S(=O)([O-])CCCCCCCCCCCO.[K+].